The van der Waals surface area contributed by atoms with Crippen LogP contribution >= 0.6 is 0 Å². The summed E-state index contributed by atoms with van der Waals surface area (Å²) in [7, 11) is 0. The Kier molecular flexibility index (Phi) is 6.18. The maximum Gasteiger partial charge on any atom is 0.231 e. The summed E-state index contributed by atoms with van der Waals surface area (Å²) in [6.45, 7) is 7.34. The summed E-state index contributed by atoms with van der Waals surface area (Å²) in [6.07, 6.45) is 0. The van der Waals surface area contributed by atoms with Gasteiger partial charge in [0.05, 0.1) is 13.2 Å². The first-order valence-corrected chi connectivity index (χ1v) is 6.75. The smallest absolute Gasteiger partial charge is 0.231 e. The van der Waals surface area contributed by atoms with E-state index in [1.165, 1.54) is 6.92 Å². The summed E-state index contributed by atoms with van der Waals surface area (Å²) in [4.78, 5) is 24.4. The van der Waals surface area contributed by atoms with Crippen LogP contribution in [0.15, 0.2) is 18.2 Å². The van der Waals surface area contributed by atoms with E-state index >= 15 is 0 Å². The third-order valence-electron chi connectivity index (χ3n) is 2.99. The summed E-state index contributed by atoms with van der Waals surface area (Å²) in [5.41, 5.74) is 6.76. The molecule has 0 aliphatic carbocycles. The van der Waals surface area contributed by atoms with Crippen molar-refractivity contribution in [3.63, 3.8) is 0 Å². The van der Waals surface area contributed by atoms with Crippen molar-refractivity contribution in [3.05, 3.63) is 29.3 Å². The summed E-state index contributed by atoms with van der Waals surface area (Å²) in [6, 6.07) is 5.37. The van der Waals surface area contributed by atoms with E-state index in [9.17, 15) is 9.59 Å². The molecule has 0 aliphatic rings. The first-order chi connectivity index (χ1) is 9.47. The van der Waals surface area contributed by atoms with E-state index in [0.717, 1.165) is 11.3 Å². The van der Waals surface area contributed by atoms with Crippen LogP contribution in [0.1, 0.15) is 36.7 Å². The molecule has 0 saturated carbocycles. The second-order valence-electron chi connectivity index (χ2n) is 4.58. The molecule has 2 N–H and O–H groups in total. The molecule has 0 saturated heterocycles. The molecular formula is C15H22N2O3. The normalized spacial score (nSPS) is 10.6. The number of primary amides is 1. The molecule has 5 heteroatoms. The van der Waals surface area contributed by atoms with Crippen molar-refractivity contribution >= 4 is 11.7 Å². The lowest BCUT2D eigenvalue weighted by Gasteiger charge is -2.20. The van der Waals surface area contributed by atoms with Crippen LogP contribution in [0.25, 0.3) is 0 Å². The highest BCUT2D eigenvalue weighted by molar-refractivity contribution is 5.94. The number of amides is 1. The molecule has 0 aromatic heterocycles. The zero-order chi connectivity index (χ0) is 15.1. The second kappa shape index (κ2) is 7.65. The lowest BCUT2D eigenvalue weighted by molar-refractivity contribution is -0.119. The van der Waals surface area contributed by atoms with Gasteiger partial charge < -0.3 is 10.5 Å². The first-order valence-electron chi connectivity index (χ1n) is 6.75. The fourth-order valence-electron chi connectivity index (χ4n) is 1.96. The van der Waals surface area contributed by atoms with Crippen molar-refractivity contribution in [1.82, 2.24) is 4.90 Å². The van der Waals surface area contributed by atoms with E-state index in [0.29, 0.717) is 25.3 Å². The molecule has 0 atom stereocenters. The van der Waals surface area contributed by atoms with E-state index < -0.39 is 0 Å². The molecule has 110 valence electrons. The van der Waals surface area contributed by atoms with Crippen LogP contribution in [0.4, 0.5) is 0 Å². The van der Waals surface area contributed by atoms with Gasteiger partial charge in [-0.25, -0.2) is 0 Å². The number of likely N-dealkylation sites (N-methyl/N-ethyl adjacent to an activating group) is 1. The molecule has 5 nitrogen and oxygen atoms in total. The molecule has 0 aliphatic heterocycles. The minimum atomic E-state index is -0.368. The topological polar surface area (TPSA) is 72.6 Å². The fraction of sp³-hybridized carbons (Fsp3) is 0.467. The highest BCUT2D eigenvalue weighted by atomic mass is 16.5. The number of carbonyl (C=O) groups excluding carboxylic acids is 2. The highest BCUT2D eigenvalue weighted by Crippen LogP contribution is 2.22. The maximum absolute atomic E-state index is 11.5. The van der Waals surface area contributed by atoms with Gasteiger partial charge in [0.15, 0.2) is 5.78 Å². The maximum atomic E-state index is 11.5. The zero-order valence-electron chi connectivity index (χ0n) is 12.3. The number of hydrogen-bond acceptors (Lipinski definition) is 4. The van der Waals surface area contributed by atoms with Crippen molar-refractivity contribution in [2.45, 2.75) is 27.3 Å². The van der Waals surface area contributed by atoms with Gasteiger partial charge in [-0.05, 0) is 38.6 Å². The lowest BCUT2D eigenvalue weighted by atomic mass is 10.1. The standard InChI is InChI=1S/C15H22N2O3/c1-4-17(10-15(16)19)9-13-8-12(11(3)18)6-7-14(13)20-5-2/h6-8H,4-5,9-10H2,1-3H3,(H2,16,19). The van der Waals surface area contributed by atoms with Crippen LogP contribution in [-0.2, 0) is 11.3 Å². The van der Waals surface area contributed by atoms with Crippen LogP contribution in [0.5, 0.6) is 5.75 Å². The number of rotatable bonds is 8. The van der Waals surface area contributed by atoms with Gasteiger partial charge in [-0.1, -0.05) is 6.92 Å². The molecule has 1 aromatic carbocycles. The Hall–Kier alpha value is -1.88. The Morgan fingerprint density at radius 1 is 1.30 bits per heavy atom. The van der Waals surface area contributed by atoms with Gasteiger partial charge in [-0.3, -0.25) is 14.5 Å². The number of ether oxygens (including phenoxy) is 1. The second-order valence-corrected chi connectivity index (χ2v) is 4.58. The SMILES string of the molecule is CCOc1ccc(C(C)=O)cc1CN(CC)CC(N)=O. The predicted molar refractivity (Wildman–Crippen MR) is 77.8 cm³/mol. The summed E-state index contributed by atoms with van der Waals surface area (Å²) in [5, 5.41) is 0. The average Bonchev–Trinajstić information content (AvgIpc) is 2.39. The van der Waals surface area contributed by atoms with Gasteiger partial charge in [-0.2, -0.15) is 0 Å². The van der Waals surface area contributed by atoms with Crippen molar-refractivity contribution in [3.8, 4) is 5.75 Å². The van der Waals surface area contributed by atoms with Crippen molar-refractivity contribution in [2.24, 2.45) is 5.73 Å². The number of hydrogen-bond donors (Lipinski definition) is 1. The highest BCUT2D eigenvalue weighted by Gasteiger charge is 2.12. The van der Waals surface area contributed by atoms with E-state index in [-0.39, 0.29) is 18.2 Å². The van der Waals surface area contributed by atoms with E-state index in [1.807, 2.05) is 24.8 Å². The molecule has 1 rings (SSSR count). The van der Waals surface area contributed by atoms with Crippen LogP contribution < -0.4 is 10.5 Å². The number of nitrogens with two attached hydrogens (primary N) is 1. The third kappa shape index (κ3) is 4.66. The predicted octanol–water partition coefficient (Wildman–Crippen LogP) is 1.60. The molecule has 0 heterocycles. The fourth-order valence-corrected chi connectivity index (χ4v) is 1.96. The third-order valence-corrected chi connectivity index (χ3v) is 2.99. The zero-order valence-corrected chi connectivity index (χ0v) is 12.3. The molecule has 0 radical (unpaired) electrons. The van der Waals surface area contributed by atoms with Crippen LogP contribution in [0, 0.1) is 0 Å². The van der Waals surface area contributed by atoms with Crippen LogP contribution in [0.3, 0.4) is 0 Å². The molecule has 1 amide bonds. The van der Waals surface area contributed by atoms with Gasteiger partial charge in [0.1, 0.15) is 5.75 Å². The Morgan fingerprint density at radius 3 is 2.50 bits per heavy atom. The minimum Gasteiger partial charge on any atom is -0.494 e. The van der Waals surface area contributed by atoms with E-state index in [4.69, 9.17) is 10.5 Å². The Balaban J connectivity index is 3.01. The molecule has 1 aromatic rings. The van der Waals surface area contributed by atoms with Crippen molar-refractivity contribution < 1.29 is 14.3 Å². The largest absolute Gasteiger partial charge is 0.494 e. The number of ketones is 1. The monoisotopic (exact) mass is 278 g/mol. The van der Waals surface area contributed by atoms with E-state index in [2.05, 4.69) is 0 Å². The Morgan fingerprint density at radius 2 is 2.00 bits per heavy atom. The quantitative estimate of drug-likeness (QED) is 0.733. The minimum absolute atomic E-state index is 0.00671. The molecule has 0 fully saturated rings. The number of carbonyl (C=O) groups is 2. The first kappa shape index (κ1) is 16.2. The number of nitrogens with zero attached hydrogens (tertiary/aromatic N) is 1. The molecule has 0 bridgehead atoms. The lowest BCUT2D eigenvalue weighted by Crippen LogP contribution is -2.33. The van der Waals surface area contributed by atoms with Crippen LogP contribution in [-0.4, -0.2) is 36.3 Å². The molecule has 0 unspecified atom stereocenters. The Labute approximate surface area is 119 Å². The number of Topliss-reactive ketones (excluding diaryl/α,β-unsaturated/α-hetero) is 1. The van der Waals surface area contributed by atoms with Gasteiger partial charge in [-0.15, -0.1) is 0 Å². The van der Waals surface area contributed by atoms with Crippen molar-refractivity contribution in [2.75, 3.05) is 19.7 Å². The summed E-state index contributed by atoms with van der Waals surface area (Å²) in [5.74, 6) is 0.375. The van der Waals surface area contributed by atoms with Gasteiger partial charge in [0.2, 0.25) is 5.91 Å². The Bertz CT molecular complexity index is 486. The summed E-state index contributed by atoms with van der Waals surface area (Å²) < 4.78 is 5.57. The summed E-state index contributed by atoms with van der Waals surface area (Å²) >= 11 is 0. The molecular weight excluding hydrogens is 256 g/mol. The van der Waals surface area contributed by atoms with Gasteiger partial charge in [0.25, 0.3) is 0 Å². The van der Waals surface area contributed by atoms with Gasteiger partial charge in [0, 0.05) is 17.7 Å². The molecule has 20 heavy (non-hydrogen) atoms. The molecule has 0 spiro atoms. The van der Waals surface area contributed by atoms with Crippen molar-refractivity contribution in [1.29, 1.82) is 0 Å². The van der Waals surface area contributed by atoms with Crippen LogP contribution in [0.2, 0.25) is 0 Å². The van der Waals surface area contributed by atoms with E-state index in [1.54, 1.807) is 12.1 Å². The van der Waals surface area contributed by atoms with Gasteiger partial charge >= 0.3 is 0 Å². The average molecular weight is 278 g/mol. The number of benzene rings is 1.